The van der Waals surface area contributed by atoms with Gasteiger partial charge in [-0.25, -0.2) is 13.6 Å². The van der Waals surface area contributed by atoms with Crippen LogP contribution in [0.15, 0.2) is 0 Å². The van der Waals surface area contributed by atoms with E-state index in [1.165, 1.54) is 4.90 Å². The number of hydrogen-bond donors (Lipinski definition) is 1. The third kappa shape index (κ3) is 6.85. The predicted octanol–water partition coefficient (Wildman–Crippen LogP) is 2.63. The lowest BCUT2D eigenvalue weighted by Gasteiger charge is -2.40. The van der Waals surface area contributed by atoms with E-state index in [4.69, 9.17) is 4.74 Å². The minimum Gasteiger partial charge on any atom is -0.444 e. The summed E-state index contributed by atoms with van der Waals surface area (Å²) < 4.78 is 33.3. The van der Waals surface area contributed by atoms with Crippen molar-refractivity contribution in [1.29, 1.82) is 0 Å². The van der Waals surface area contributed by atoms with Crippen LogP contribution in [0.25, 0.3) is 0 Å². The molecule has 1 saturated carbocycles. The third-order valence-corrected chi connectivity index (χ3v) is 7.30. The van der Waals surface area contributed by atoms with Crippen molar-refractivity contribution in [2.45, 2.75) is 89.3 Å². The molecule has 2 aliphatic heterocycles. The maximum Gasteiger partial charge on any atom is 0.408 e. The molecule has 3 rings (SSSR count). The molecule has 0 spiro atoms. The van der Waals surface area contributed by atoms with Gasteiger partial charge in [0.05, 0.1) is 12.5 Å². The average Bonchev–Trinajstić information content (AvgIpc) is 3.36. The number of nitrogens with one attached hydrogen (secondary N) is 1. The lowest BCUT2D eigenvalue weighted by molar-refractivity contribution is -0.145. The molecule has 0 aromatic rings. The van der Waals surface area contributed by atoms with Crippen LogP contribution < -0.4 is 5.32 Å². The molecular formula is C25H40F2N4O5. The van der Waals surface area contributed by atoms with Gasteiger partial charge in [-0.3, -0.25) is 14.4 Å². The fourth-order valence-corrected chi connectivity index (χ4v) is 5.60. The maximum absolute atomic E-state index is 14.0. The summed E-state index contributed by atoms with van der Waals surface area (Å²) in [5, 5.41) is 2.57. The van der Waals surface area contributed by atoms with Crippen molar-refractivity contribution in [3.8, 4) is 0 Å². The first-order valence-electron chi connectivity index (χ1n) is 12.9. The Morgan fingerprint density at radius 3 is 2.22 bits per heavy atom. The zero-order chi connectivity index (χ0) is 26.8. The number of hydrogen-bond acceptors (Lipinski definition) is 5. The minimum atomic E-state index is -3.01. The highest BCUT2D eigenvalue weighted by molar-refractivity contribution is 5.92. The highest BCUT2D eigenvalue weighted by Crippen LogP contribution is 2.37. The standard InChI is InChI=1S/C25H40F2N4O5/c1-24(2,3)36-23(35)28-20(22(34)30-14-12-25(26,27)15-30)19(21(33)29(4)5)16-8-10-17(11-9-16)31-13-6-7-18(31)32/h16-17,19-20H,6-15H2,1-5H3,(H,28,35)/t16?,17?,19-,20-/m0/s1. The van der Waals surface area contributed by atoms with Gasteiger partial charge in [0, 0.05) is 46.1 Å². The summed E-state index contributed by atoms with van der Waals surface area (Å²) in [6.45, 7) is 4.87. The zero-order valence-corrected chi connectivity index (χ0v) is 22.0. The topological polar surface area (TPSA) is 99.3 Å². The first-order chi connectivity index (χ1) is 16.7. The van der Waals surface area contributed by atoms with Crippen molar-refractivity contribution < 1.29 is 32.7 Å². The smallest absolute Gasteiger partial charge is 0.408 e. The summed E-state index contributed by atoms with van der Waals surface area (Å²) in [4.78, 5) is 56.3. The lowest BCUT2D eigenvalue weighted by atomic mass is 9.74. The van der Waals surface area contributed by atoms with Crippen LogP contribution in [-0.2, 0) is 19.1 Å². The Labute approximate surface area is 211 Å². The Balaban J connectivity index is 1.85. The lowest BCUT2D eigenvalue weighted by Crippen LogP contribution is -2.58. The van der Waals surface area contributed by atoms with E-state index < -0.39 is 48.4 Å². The number of halogens is 2. The van der Waals surface area contributed by atoms with Crippen molar-refractivity contribution in [3.05, 3.63) is 0 Å². The van der Waals surface area contributed by atoms with Crippen molar-refractivity contribution in [2.24, 2.45) is 11.8 Å². The van der Waals surface area contributed by atoms with Crippen LogP contribution >= 0.6 is 0 Å². The molecule has 0 bridgehead atoms. The summed E-state index contributed by atoms with van der Waals surface area (Å²) in [5.41, 5.74) is -0.847. The summed E-state index contributed by atoms with van der Waals surface area (Å²) in [7, 11) is 3.14. The van der Waals surface area contributed by atoms with Crippen LogP contribution in [0.5, 0.6) is 0 Å². The summed E-state index contributed by atoms with van der Waals surface area (Å²) in [5.74, 6) is -5.11. The summed E-state index contributed by atoms with van der Waals surface area (Å²) in [6, 6.07) is -1.24. The fourth-order valence-electron chi connectivity index (χ4n) is 5.60. The molecule has 4 amide bonds. The second kappa shape index (κ2) is 10.9. The molecular weight excluding hydrogens is 474 g/mol. The van der Waals surface area contributed by atoms with E-state index in [1.807, 2.05) is 4.90 Å². The first kappa shape index (κ1) is 28.1. The van der Waals surface area contributed by atoms with Crippen LogP contribution in [0.4, 0.5) is 13.6 Å². The SMILES string of the molecule is CN(C)C(=O)[C@@H](C1CCC(N2CCCC2=O)CC1)[C@H](NC(=O)OC(C)(C)C)C(=O)N1CCC(F)(F)C1. The Hall–Kier alpha value is -2.46. The zero-order valence-electron chi connectivity index (χ0n) is 22.0. The third-order valence-electron chi connectivity index (χ3n) is 7.30. The van der Waals surface area contributed by atoms with Crippen LogP contribution in [0.3, 0.4) is 0 Å². The molecule has 2 heterocycles. The molecule has 0 radical (unpaired) electrons. The predicted molar refractivity (Wildman–Crippen MR) is 128 cm³/mol. The number of nitrogens with zero attached hydrogens (tertiary/aromatic N) is 3. The number of likely N-dealkylation sites (tertiary alicyclic amines) is 2. The minimum absolute atomic E-state index is 0.0941. The molecule has 0 aromatic carbocycles. The van der Waals surface area contributed by atoms with Gasteiger partial charge in [-0.1, -0.05) is 0 Å². The molecule has 3 fully saturated rings. The van der Waals surface area contributed by atoms with E-state index in [0.29, 0.717) is 32.1 Å². The highest BCUT2D eigenvalue weighted by Gasteiger charge is 2.48. The number of ether oxygens (including phenoxy) is 1. The second-order valence-electron chi connectivity index (χ2n) is 11.5. The first-order valence-corrected chi connectivity index (χ1v) is 12.9. The van der Waals surface area contributed by atoms with Crippen molar-refractivity contribution in [1.82, 2.24) is 20.0 Å². The molecule has 1 N–H and O–H groups in total. The Kier molecular flexibility index (Phi) is 8.50. The van der Waals surface area contributed by atoms with Gasteiger partial charge in [-0.15, -0.1) is 0 Å². The molecule has 204 valence electrons. The number of carbonyl (C=O) groups excluding carboxylic acids is 4. The van der Waals surface area contributed by atoms with E-state index in [0.717, 1.165) is 17.9 Å². The molecule has 3 aliphatic rings. The average molecular weight is 515 g/mol. The van der Waals surface area contributed by atoms with Gasteiger partial charge in [0.25, 0.3) is 5.92 Å². The van der Waals surface area contributed by atoms with Crippen LogP contribution in [0.1, 0.15) is 65.7 Å². The summed E-state index contributed by atoms with van der Waals surface area (Å²) >= 11 is 0. The van der Waals surface area contributed by atoms with Gasteiger partial charge >= 0.3 is 6.09 Å². The van der Waals surface area contributed by atoms with Gasteiger partial charge in [0.2, 0.25) is 17.7 Å². The molecule has 2 atom stereocenters. The largest absolute Gasteiger partial charge is 0.444 e. The monoisotopic (exact) mass is 514 g/mol. The molecule has 11 heteroatoms. The fraction of sp³-hybridized carbons (Fsp3) is 0.840. The molecule has 0 aromatic heterocycles. The maximum atomic E-state index is 14.0. The number of amides is 4. The van der Waals surface area contributed by atoms with Crippen LogP contribution in [0.2, 0.25) is 0 Å². The highest BCUT2D eigenvalue weighted by atomic mass is 19.3. The Morgan fingerprint density at radius 2 is 1.75 bits per heavy atom. The molecule has 0 unspecified atom stereocenters. The molecule has 2 saturated heterocycles. The van der Waals surface area contributed by atoms with Gasteiger partial charge in [-0.2, -0.15) is 0 Å². The molecule has 9 nitrogen and oxygen atoms in total. The van der Waals surface area contributed by atoms with Crippen molar-refractivity contribution in [3.63, 3.8) is 0 Å². The van der Waals surface area contributed by atoms with E-state index in [9.17, 15) is 28.0 Å². The van der Waals surface area contributed by atoms with Crippen molar-refractivity contribution >= 4 is 23.8 Å². The number of carbonyl (C=O) groups is 4. The molecule has 36 heavy (non-hydrogen) atoms. The summed E-state index contributed by atoms with van der Waals surface area (Å²) in [6.07, 6.45) is 2.59. The Morgan fingerprint density at radius 1 is 1.11 bits per heavy atom. The van der Waals surface area contributed by atoms with E-state index in [2.05, 4.69) is 5.32 Å². The van der Waals surface area contributed by atoms with E-state index >= 15 is 0 Å². The number of alkyl halides is 2. The van der Waals surface area contributed by atoms with Gasteiger partial charge in [0.1, 0.15) is 11.6 Å². The number of alkyl carbamates (subject to hydrolysis) is 1. The number of rotatable bonds is 6. The van der Waals surface area contributed by atoms with Crippen molar-refractivity contribution in [2.75, 3.05) is 33.7 Å². The van der Waals surface area contributed by atoms with Crippen LogP contribution in [-0.4, -0.2) is 95.9 Å². The van der Waals surface area contributed by atoms with E-state index in [1.54, 1.807) is 34.9 Å². The normalized spacial score (nSPS) is 25.9. The van der Waals surface area contributed by atoms with Gasteiger partial charge in [0.15, 0.2) is 0 Å². The molecule has 1 aliphatic carbocycles. The second-order valence-corrected chi connectivity index (χ2v) is 11.5. The van der Waals surface area contributed by atoms with Crippen LogP contribution in [0, 0.1) is 11.8 Å². The van der Waals surface area contributed by atoms with Gasteiger partial charge in [-0.05, 0) is 58.8 Å². The van der Waals surface area contributed by atoms with Gasteiger partial charge < -0.3 is 24.8 Å². The quantitative estimate of drug-likeness (QED) is 0.588. The van der Waals surface area contributed by atoms with E-state index in [-0.39, 0.29) is 30.3 Å². The Bertz CT molecular complexity index is 852.